The summed E-state index contributed by atoms with van der Waals surface area (Å²) in [7, 11) is 0. The molecule has 0 saturated carbocycles. The molecule has 0 heterocycles. The average molecular weight is 254 g/mol. The highest BCUT2D eigenvalue weighted by molar-refractivity contribution is 6.18. The van der Waals surface area contributed by atoms with E-state index in [-0.39, 0.29) is 5.41 Å². The van der Waals surface area contributed by atoms with Crippen molar-refractivity contribution in [2.24, 2.45) is 0 Å². The van der Waals surface area contributed by atoms with Gasteiger partial charge in [-0.3, -0.25) is 0 Å². The van der Waals surface area contributed by atoms with Gasteiger partial charge in [0.1, 0.15) is 0 Å². The Morgan fingerprint density at radius 1 is 1.18 bits per heavy atom. The van der Waals surface area contributed by atoms with E-state index in [4.69, 9.17) is 11.6 Å². The zero-order valence-electron chi connectivity index (χ0n) is 11.4. The number of rotatable bonds is 5. The van der Waals surface area contributed by atoms with Crippen LogP contribution in [-0.4, -0.2) is 19.0 Å². The zero-order valence-corrected chi connectivity index (χ0v) is 12.2. The first-order chi connectivity index (χ1) is 7.95. The largest absolute Gasteiger partial charge is 0.315 e. The average Bonchev–Trinajstić information content (AvgIpc) is 2.24. The Morgan fingerprint density at radius 3 is 2.41 bits per heavy atom. The third kappa shape index (κ3) is 4.69. The maximum absolute atomic E-state index is 5.62. The Balaban J connectivity index is 2.64. The Labute approximate surface area is 111 Å². The molecule has 0 aromatic heterocycles. The molecule has 1 aromatic carbocycles. The molecule has 0 radical (unpaired) electrons. The van der Waals surface area contributed by atoms with Gasteiger partial charge in [0.2, 0.25) is 0 Å². The number of hydrogen-bond acceptors (Lipinski definition) is 1. The van der Waals surface area contributed by atoms with Gasteiger partial charge in [0.15, 0.2) is 0 Å². The van der Waals surface area contributed by atoms with Crippen molar-refractivity contribution in [3.8, 4) is 0 Å². The van der Waals surface area contributed by atoms with Crippen LogP contribution in [0.4, 0.5) is 0 Å². The molecule has 0 saturated heterocycles. The van der Waals surface area contributed by atoms with Crippen molar-refractivity contribution in [3.05, 3.63) is 34.9 Å². The number of halogens is 1. The molecule has 0 aliphatic carbocycles. The number of nitrogens with one attached hydrogen (secondary N) is 1. The molecule has 0 spiro atoms. The predicted octanol–water partition coefficient (Wildman–Crippen LogP) is 3.66. The molecule has 1 nitrogen and oxygen atoms in total. The topological polar surface area (TPSA) is 12.0 Å². The highest BCUT2D eigenvalue weighted by Gasteiger charge is 2.14. The normalized spacial score (nSPS) is 11.8. The van der Waals surface area contributed by atoms with E-state index in [1.165, 1.54) is 16.7 Å². The second kappa shape index (κ2) is 6.42. The minimum absolute atomic E-state index is 0.236. The SMILES string of the molecule is Cc1cc(C(C)(C)C)ccc1CCNCCCl. The van der Waals surface area contributed by atoms with E-state index in [1.807, 2.05) is 0 Å². The molecule has 0 atom stereocenters. The monoisotopic (exact) mass is 253 g/mol. The number of hydrogen-bond donors (Lipinski definition) is 1. The molecule has 0 unspecified atom stereocenters. The van der Waals surface area contributed by atoms with Crippen molar-refractivity contribution >= 4 is 11.6 Å². The van der Waals surface area contributed by atoms with Gasteiger partial charge in [-0.2, -0.15) is 0 Å². The lowest BCUT2D eigenvalue weighted by Crippen LogP contribution is -2.20. The van der Waals surface area contributed by atoms with Crippen molar-refractivity contribution in [2.45, 2.75) is 39.5 Å². The van der Waals surface area contributed by atoms with Crippen LogP contribution >= 0.6 is 11.6 Å². The fourth-order valence-electron chi connectivity index (χ4n) is 1.86. The van der Waals surface area contributed by atoms with E-state index in [0.717, 1.165) is 19.5 Å². The molecule has 0 aliphatic rings. The fraction of sp³-hybridized carbons (Fsp3) is 0.600. The molecular formula is C15H24ClN. The van der Waals surface area contributed by atoms with Gasteiger partial charge in [-0.05, 0) is 42.0 Å². The van der Waals surface area contributed by atoms with E-state index in [2.05, 4.69) is 51.2 Å². The lowest BCUT2D eigenvalue weighted by Gasteiger charge is -2.20. The molecule has 0 amide bonds. The molecular weight excluding hydrogens is 230 g/mol. The van der Waals surface area contributed by atoms with Crippen LogP contribution in [0, 0.1) is 6.92 Å². The van der Waals surface area contributed by atoms with Crippen LogP contribution in [0.1, 0.15) is 37.5 Å². The summed E-state index contributed by atoms with van der Waals surface area (Å²) in [6.07, 6.45) is 1.08. The van der Waals surface area contributed by atoms with Gasteiger partial charge in [0.25, 0.3) is 0 Å². The van der Waals surface area contributed by atoms with Crippen molar-refractivity contribution in [2.75, 3.05) is 19.0 Å². The summed E-state index contributed by atoms with van der Waals surface area (Å²) in [4.78, 5) is 0. The molecule has 0 fully saturated rings. The van der Waals surface area contributed by atoms with Crippen molar-refractivity contribution in [1.82, 2.24) is 5.32 Å². The highest BCUT2D eigenvalue weighted by Crippen LogP contribution is 2.24. The first-order valence-corrected chi connectivity index (χ1v) is 6.85. The predicted molar refractivity (Wildman–Crippen MR) is 77.2 cm³/mol. The van der Waals surface area contributed by atoms with Crippen molar-refractivity contribution < 1.29 is 0 Å². The standard InChI is InChI=1S/C15H24ClN/c1-12-11-14(15(2,3)4)6-5-13(12)7-9-17-10-8-16/h5-6,11,17H,7-10H2,1-4H3. The quantitative estimate of drug-likeness (QED) is 0.624. The number of alkyl halides is 1. The first-order valence-electron chi connectivity index (χ1n) is 6.32. The van der Waals surface area contributed by atoms with Gasteiger partial charge >= 0.3 is 0 Å². The van der Waals surface area contributed by atoms with Crippen LogP contribution in [0.25, 0.3) is 0 Å². The van der Waals surface area contributed by atoms with E-state index in [1.54, 1.807) is 0 Å². The van der Waals surface area contributed by atoms with Crippen LogP contribution in [0.2, 0.25) is 0 Å². The van der Waals surface area contributed by atoms with Gasteiger partial charge in [0, 0.05) is 12.4 Å². The van der Waals surface area contributed by atoms with Gasteiger partial charge in [-0.1, -0.05) is 39.0 Å². The summed E-state index contributed by atoms with van der Waals surface area (Å²) < 4.78 is 0. The van der Waals surface area contributed by atoms with Crippen LogP contribution in [0.15, 0.2) is 18.2 Å². The van der Waals surface area contributed by atoms with E-state index in [9.17, 15) is 0 Å². The van der Waals surface area contributed by atoms with Gasteiger partial charge < -0.3 is 5.32 Å². The van der Waals surface area contributed by atoms with Crippen LogP contribution in [0.3, 0.4) is 0 Å². The second-order valence-corrected chi connectivity index (χ2v) is 5.96. The van der Waals surface area contributed by atoms with Gasteiger partial charge in [0.05, 0.1) is 0 Å². The van der Waals surface area contributed by atoms with Crippen molar-refractivity contribution in [3.63, 3.8) is 0 Å². The third-order valence-corrected chi connectivity index (χ3v) is 3.24. The van der Waals surface area contributed by atoms with Gasteiger partial charge in [-0.25, -0.2) is 0 Å². The molecule has 1 N–H and O–H groups in total. The summed E-state index contributed by atoms with van der Waals surface area (Å²) in [5, 5.41) is 3.32. The molecule has 17 heavy (non-hydrogen) atoms. The molecule has 1 aromatic rings. The molecule has 0 aliphatic heterocycles. The molecule has 96 valence electrons. The Hall–Kier alpha value is -0.530. The minimum atomic E-state index is 0.236. The number of benzene rings is 1. The Morgan fingerprint density at radius 2 is 1.88 bits per heavy atom. The summed E-state index contributed by atoms with van der Waals surface area (Å²) in [6, 6.07) is 6.83. The number of aryl methyl sites for hydroxylation is 1. The van der Waals surface area contributed by atoms with E-state index < -0.39 is 0 Å². The molecule has 0 bridgehead atoms. The lowest BCUT2D eigenvalue weighted by atomic mass is 9.85. The summed E-state index contributed by atoms with van der Waals surface area (Å²) >= 11 is 5.62. The Kier molecular flexibility index (Phi) is 5.48. The summed E-state index contributed by atoms with van der Waals surface area (Å²) in [6.45, 7) is 10.9. The molecule has 1 rings (SSSR count). The molecule has 2 heteroatoms. The van der Waals surface area contributed by atoms with Crippen LogP contribution in [-0.2, 0) is 11.8 Å². The second-order valence-electron chi connectivity index (χ2n) is 5.58. The third-order valence-electron chi connectivity index (χ3n) is 3.05. The Bertz CT molecular complexity index is 352. The lowest BCUT2D eigenvalue weighted by molar-refractivity contribution is 0.589. The fourth-order valence-corrected chi connectivity index (χ4v) is 1.99. The van der Waals surface area contributed by atoms with Crippen LogP contribution in [0.5, 0.6) is 0 Å². The maximum Gasteiger partial charge on any atom is 0.0348 e. The van der Waals surface area contributed by atoms with E-state index in [0.29, 0.717) is 5.88 Å². The first kappa shape index (κ1) is 14.5. The highest BCUT2D eigenvalue weighted by atomic mass is 35.5. The summed E-state index contributed by atoms with van der Waals surface area (Å²) in [5.74, 6) is 0.682. The summed E-state index contributed by atoms with van der Waals surface area (Å²) in [5.41, 5.74) is 4.47. The zero-order chi connectivity index (χ0) is 12.9. The maximum atomic E-state index is 5.62. The van der Waals surface area contributed by atoms with Crippen molar-refractivity contribution in [1.29, 1.82) is 0 Å². The van der Waals surface area contributed by atoms with Crippen LogP contribution < -0.4 is 5.32 Å². The van der Waals surface area contributed by atoms with E-state index >= 15 is 0 Å². The smallest absolute Gasteiger partial charge is 0.0348 e. The minimum Gasteiger partial charge on any atom is -0.315 e. The van der Waals surface area contributed by atoms with Gasteiger partial charge in [-0.15, -0.1) is 11.6 Å².